The van der Waals surface area contributed by atoms with Crippen LogP contribution in [0.25, 0.3) is 0 Å². The van der Waals surface area contributed by atoms with Gasteiger partial charge in [0.25, 0.3) is 11.8 Å². The number of esters is 1. The summed E-state index contributed by atoms with van der Waals surface area (Å²) in [7, 11) is 0. The minimum atomic E-state index is -0.865. The molecular formula is C21H27N3O5. The summed E-state index contributed by atoms with van der Waals surface area (Å²) in [6.45, 7) is 4.90. The maximum atomic E-state index is 12.5. The van der Waals surface area contributed by atoms with Crippen molar-refractivity contribution in [3.05, 3.63) is 34.9 Å². The van der Waals surface area contributed by atoms with E-state index >= 15 is 0 Å². The van der Waals surface area contributed by atoms with Crippen molar-refractivity contribution in [2.75, 3.05) is 13.2 Å². The van der Waals surface area contributed by atoms with Crippen molar-refractivity contribution in [3.63, 3.8) is 0 Å². The summed E-state index contributed by atoms with van der Waals surface area (Å²) < 4.78 is 4.97. The molecule has 1 aromatic carbocycles. The SMILES string of the molecule is Cc1ccc([C@@H](C)NC(=O)COC(=O)CN2C(=O)NC3(CCCC3)C2=O)cc1C. The van der Waals surface area contributed by atoms with Gasteiger partial charge in [-0.15, -0.1) is 0 Å². The number of carbonyl (C=O) groups is 4. The van der Waals surface area contributed by atoms with Gasteiger partial charge in [0.2, 0.25) is 0 Å². The number of aryl methyl sites for hydroxylation is 2. The fraction of sp³-hybridized carbons (Fsp3) is 0.524. The first-order valence-electron chi connectivity index (χ1n) is 9.88. The van der Waals surface area contributed by atoms with Gasteiger partial charge < -0.3 is 15.4 Å². The van der Waals surface area contributed by atoms with Gasteiger partial charge in [-0.2, -0.15) is 0 Å². The summed E-state index contributed by atoms with van der Waals surface area (Å²) in [5, 5.41) is 5.48. The zero-order valence-electron chi connectivity index (χ0n) is 17.0. The molecule has 2 aliphatic rings. The molecule has 29 heavy (non-hydrogen) atoms. The number of imide groups is 1. The molecule has 0 bridgehead atoms. The molecule has 1 heterocycles. The number of nitrogens with one attached hydrogen (secondary N) is 2. The van der Waals surface area contributed by atoms with Gasteiger partial charge in [-0.1, -0.05) is 31.0 Å². The van der Waals surface area contributed by atoms with E-state index in [-0.39, 0.29) is 11.9 Å². The van der Waals surface area contributed by atoms with Crippen molar-refractivity contribution >= 4 is 23.8 Å². The van der Waals surface area contributed by atoms with E-state index in [0.717, 1.165) is 28.9 Å². The van der Waals surface area contributed by atoms with Gasteiger partial charge in [0.1, 0.15) is 12.1 Å². The maximum absolute atomic E-state index is 12.5. The van der Waals surface area contributed by atoms with Gasteiger partial charge in [-0.25, -0.2) is 4.79 Å². The van der Waals surface area contributed by atoms with E-state index in [9.17, 15) is 19.2 Å². The molecule has 1 aliphatic heterocycles. The Kier molecular flexibility index (Phi) is 5.91. The lowest BCUT2D eigenvalue weighted by Gasteiger charge is -2.19. The number of ether oxygens (including phenoxy) is 1. The van der Waals surface area contributed by atoms with Crippen LogP contribution < -0.4 is 10.6 Å². The highest BCUT2D eigenvalue weighted by molar-refractivity contribution is 6.08. The predicted octanol–water partition coefficient (Wildman–Crippen LogP) is 1.89. The Balaban J connectivity index is 1.47. The van der Waals surface area contributed by atoms with Gasteiger partial charge in [0.15, 0.2) is 6.61 Å². The Morgan fingerprint density at radius 2 is 1.90 bits per heavy atom. The van der Waals surface area contributed by atoms with Crippen LogP contribution in [-0.2, 0) is 19.1 Å². The Bertz CT molecular complexity index is 845. The van der Waals surface area contributed by atoms with Crippen molar-refractivity contribution in [2.24, 2.45) is 0 Å². The Morgan fingerprint density at radius 3 is 2.55 bits per heavy atom. The van der Waals surface area contributed by atoms with Gasteiger partial charge in [-0.3, -0.25) is 19.3 Å². The van der Waals surface area contributed by atoms with Crippen molar-refractivity contribution in [1.82, 2.24) is 15.5 Å². The van der Waals surface area contributed by atoms with E-state index in [1.165, 1.54) is 5.56 Å². The first kappa shape index (κ1) is 20.8. The molecule has 4 amide bonds. The average molecular weight is 401 g/mol. The molecule has 1 spiro atoms. The fourth-order valence-corrected chi connectivity index (χ4v) is 3.86. The molecule has 0 unspecified atom stereocenters. The first-order valence-corrected chi connectivity index (χ1v) is 9.88. The molecule has 1 aromatic rings. The molecule has 1 saturated heterocycles. The number of carbonyl (C=O) groups excluding carboxylic acids is 4. The number of hydrogen-bond donors (Lipinski definition) is 2. The second kappa shape index (κ2) is 8.23. The van der Waals surface area contributed by atoms with E-state index in [1.807, 2.05) is 39.0 Å². The Labute approximate surface area is 170 Å². The quantitative estimate of drug-likeness (QED) is 0.559. The molecule has 1 saturated carbocycles. The van der Waals surface area contributed by atoms with E-state index < -0.39 is 36.6 Å². The molecule has 8 nitrogen and oxygen atoms in total. The van der Waals surface area contributed by atoms with Crippen molar-refractivity contribution in [1.29, 1.82) is 0 Å². The molecule has 0 radical (unpaired) electrons. The molecule has 2 N–H and O–H groups in total. The van der Waals surface area contributed by atoms with Crippen LogP contribution in [0.15, 0.2) is 18.2 Å². The summed E-state index contributed by atoms with van der Waals surface area (Å²) in [5.74, 6) is -1.63. The predicted molar refractivity (Wildman–Crippen MR) is 105 cm³/mol. The van der Waals surface area contributed by atoms with Crippen LogP contribution in [0.2, 0.25) is 0 Å². The van der Waals surface area contributed by atoms with Gasteiger partial charge in [0.05, 0.1) is 6.04 Å². The molecule has 0 aromatic heterocycles. The van der Waals surface area contributed by atoms with Crippen LogP contribution in [0.5, 0.6) is 0 Å². The molecule has 1 atom stereocenters. The van der Waals surface area contributed by atoms with Crippen molar-refractivity contribution in [3.8, 4) is 0 Å². The highest BCUT2D eigenvalue weighted by Crippen LogP contribution is 2.34. The van der Waals surface area contributed by atoms with Gasteiger partial charge in [-0.05, 0) is 50.3 Å². The molecule has 1 aliphatic carbocycles. The zero-order valence-corrected chi connectivity index (χ0v) is 17.0. The van der Waals surface area contributed by atoms with E-state index in [4.69, 9.17) is 4.74 Å². The number of urea groups is 1. The minimum Gasteiger partial charge on any atom is -0.454 e. The lowest BCUT2D eigenvalue weighted by molar-refractivity contribution is -0.151. The van der Waals surface area contributed by atoms with Crippen LogP contribution in [0, 0.1) is 13.8 Å². The third-order valence-corrected chi connectivity index (χ3v) is 5.76. The van der Waals surface area contributed by atoms with Crippen LogP contribution >= 0.6 is 0 Å². The summed E-state index contributed by atoms with van der Waals surface area (Å²) >= 11 is 0. The molecule has 8 heteroatoms. The van der Waals surface area contributed by atoms with Crippen LogP contribution in [0.4, 0.5) is 4.79 Å². The second-order valence-corrected chi connectivity index (χ2v) is 7.90. The summed E-state index contributed by atoms with van der Waals surface area (Å²) in [6, 6.07) is 5.11. The maximum Gasteiger partial charge on any atom is 0.326 e. The van der Waals surface area contributed by atoms with Crippen LogP contribution in [0.1, 0.15) is 55.3 Å². The first-order chi connectivity index (χ1) is 13.7. The van der Waals surface area contributed by atoms with E-state index in [2.05, 4.69) is 10.6 Å². The number of benzene rings is 1. The largest absolute Gasteiger partial charge is 0.454 e. The Hall–Kier alpha value is -2.90. The van der Waals surface area contributed by atoms with E-state index in [0.29, 0.717) is 12.8 Å². The molecule has 2 fully saturated rings. The average Bonchev–Trinajstić information content (AvgIpc) is 3.23. The fourth-order valence-electron chi connectivity index (χ4n) is 3.86. The summed E-state index contributed by atoms with van der Waals surface area (Å²) in [6.07, 6.45) is 2.90. The monoisotopic (exact) mass is 401 g/mol. The van der Waals surface area contributed by atoms with Gasteiger partial charge in [0, 0.05) is 0 Å². The number of rotatable bonds is 6. The van der Waals surface area contributed by atoms with Crippen LogP contribution in [-0.4, -0.2) is 47.4 Å². The third kappa shape index (κ3) is 4.41. The molecule has 3 rings (SSSR count). The molecular weight excluding hydrogens is 374 g/mol. The van der Waals surface area contributed by atoms with E-state index in [1.54, 1.807) is 0 Å². The van der Waals surface area contributed by atoms with Crippen molar-refractivity contribution < 1.29 is 23.9 Å². The van der Waals surface area contributed by atoms with Crippen molar-refractivity contribution in [2.45, 2.75) is 58.0 Å². The smallest absolute Gasteiger partial charge is 0.326 e. The normalized spacial score (nSPS) is 18.7. The summed E-state index contributed by atoms with van der Waals surface area (Å²) in [5.41, 5.74) is 2.38. The highest BCUT2D eigenvalue weighted by atomic mass is 16.5. The Morgan fingerprint density at radius 1 is 1.21 bits per heavy atom. The number of amides is 4. The van der Waals surface area contributed by atoms with Crippen LogP contribution in [0.3, 0.4) is 0 Å². The lowest BCUT2D eigenvalue weighted by atomic mass is 9.98. The zero-order chi connectivity index (χ0) is 21.2. The topological polar surface area (TPSA) is 105 Å². The number of nitrogens with zero attached hydrogens (tertiary/aromatic N) is 1. The lowest BCUT2D eigenvalue weighted by Crippen LogP contribution is -2.44. The van der Waals surface area contributed by atoms with Gasteiger partial charge >= 0.3 is 12.0 Å². The highest BCUT2D eigenvalue weighted by Gasteiger charge is 2.52. The third-order valence-electron chi connectivity index (χ3n) is 5.76. The number of hydrogen-bond acceptors (Lipinski definition) is 5. The molecule has 156 valence electrons. The summed E-state index contributed by atoms with van der Waals surface area (Å²) in [4.78, 5) is 49.6. The standard InChI is InChI=1S/C21H27N3O5/c1-13-6-7-16(10-14(13)2)15(3)22-17(25)12-29-18(26)11-24-19(27)21(23-20(24)28)8-4-5-9-21/h6-7,10,15H,4-5,8-9,11-12H2,1-3H3,(H,22,25)(H,23,28)/t15-/m1/s1. The minimum absolute atomic E-state index is 0.242. The second-order valence-electron chi connectivity index (χ2n) is 7.90.